The van der Waals surface area contributed by atoms with E-state index < -0.39 is 0 Å². The molecule has 0 saturated heterocycles. The molecule has 1 aromatic carbocycles. The van der Waals surface area contributed by atoms with E-state index in [1.54, 1.807) is 7.11 Å². The normalized spacial score (nSPS) is 11.1. The van der Waals surface area contributed by atoms with Crippen molar-refractivity contribution in [1.82, 2.24) is 10.3 Å². The van der Waals surface area contributed by atoms with Crippen LogP contribution in [0.3, 0.4) is 0 Å². The van der Waals surface area contributed by atoms with Gasteiger partial charge in [0.1, 0.15) is 11.4 Å². The van der Waals surface area contributed by atoms with E-state index in [4.69, 9.17) is 4.74 Å². The summed E-state index contributed by atoms with van der Waals surface area (Å²) in [6.07, 6.45) is 0.985. The van der Waals surface area contributed by atoms with E-state index in [0.29, 0.717) is 18.2 Å². The minimum absolute atomic E-state index is 0.0432. The van der Waals surface area contributed by atoms with Gasteiger partial charge in [0.25, 0.3) is 5.91 Å². The molecule has 0 unspecified atom stereocenters. The van der Waals surface area contributed by atoms with Crippen molar-refractivity contribution in [2.45, 2.75) is 27.2 Å². The molecule has 0 aliphatic carbocycles. The van der Waals surface area contributed by atoms with Gasteiger partial charge in [-0.3, -0.25) is 4.79 Å². The third kappa shape index (κ3) is 2.95. The monoisotopic (exact) mass is 274 g/mol. The van der Waals surface area contributed by atoms with Gasteiger partial charge < -0.3 is 15.0 Å². The first-order valence-electron chi connectivity index (χ1n) is 6.97. The Balaban J connectivity index is 2.21. The molecule has 1 amide bonds. The number of hydrogen-bond acceptors (Lipinski definition) is 2. The van der Waals surface area contributed by atoms with Crippen molar-refractivity contribution in [3.63, 3.8) is 0 Å². The largest absolute Gasteiger partial charge is 0.497 e. The Hall–Kier alpha value is -1.97. The van der Waals surface area contributed by atoms with Gasteiger partial charge in [0, 0.05) is 23.5 Å². The highest BCUT2D eigenvalue weighted by Crippen LogP contribution is 2.25. The summed E-state index contributed by atoms with van der Waals surface area (Å²) in [4.78, 5) is 15.4. The van der Waals surface area contributed by atoms with E-state index in [1.165, 1.54) is 0 Å². The molecule has 2 rings (SSSR count). The molecular formula is C16H22N2O2. The first kappa shape index (κ1) is 14.4. The fourth-order valence-electron chi connectivity index (χ4n) is 2.23. The Labute approximate surface area is 119 Å². The van der Waals surface area contributed by atoms with Gasteiger partial charge in [0.2, 0.25) is 0 Å². The number of nitrogens with one attached hydrogen (secondary N) is 2. The van der Waals surface area contributed by atoms with Gasteiger partial charge in [-0.15, -0.1) is 0 Å². The molecule has 108 valence electrons. The number of amides is 1. The molecule has 0 atom stereocenters. The second-order valence-electron chi connectivity index (χ2n) is 5.47. The van der Waals surface area contributed by atoms with Crippen molar-refractivity contribution in [2.75, 3.05) is 13.7 Å². The molecule has 1 aromatic heterocycles. The minimum Gasteiger partial charge on any atom is -0.497 e. The third-order valence-corrected chi connectivity index (χ3v) is 3.50. The molecule has 4 nitrogen and oxygen atoms in total. The Morgan fingerprint density at radius 3 is 2.80 bits per heavy atom. The van der Waals surface area contributed by atoms with Crippen LogP contribution in [0.1, 0.15) is 36.3 Å². The zero-order valence-electron chi connectivity index (χ0n) is 12.5. The SMILES string of the molecule is COc1ccc2c(C)c(C(=O)NCCC(C)C)[nH]c2c1. The topological polar surface area (TPSA) is 54.1 Å². The van der Waals surface area contributed by atoms with Gasteiger partial charge in [-0.05, 0) is 37.0 Å². The molecule has 4 heteroatoms. The number of methoxy groups -OCH3 is 1. The number of carbonyl (C=O) groups is 1. The van der Waals surface area contributed by atoms with Crippen molar-refractivity contribution in [1.29, 1.82) is 0 Å². The van der Waals surface area contributed by atoms with Crippen LogP contribution in [0.5, 0.6) is 5.75 Å². The van der Waals surface area contributed by atoms with Gasteiger partial charge in [0.15, 0.2) is 0 Å². The molecular weight excluding hydrogens is 252 g/mol. The van der Waals surface area contributed by atoms with Crippen LogP contribution in [0.4, 0.5) is 0 Å². The number of aryl methyl sites for hydroxylation is 1. The highest BCUT2D eigenvalue weighted by molar-refractivity contribution is 6.01. The smallest absolute Gasteiger partial charge is 0.268 e. The molecule has 0 aliphatic rings. The summed E-state index contributed by atoms with van der Waals surface area (Å²) in [6.45, 7) is 6.95. The predicted octanol–water partition coefficient (Wildman–Crippen LogP) is 3.26. The lowest BCUT2D eigenvalue weighted by molar-refractivity contribution is 0.0947. The van der Waals surface area contributed by atoms with E-state index in [1.807, 2.05) is 25.1 Å². The fraction of sp³-hybridized carbons (Fsp3) is 0.438. The standard InChI is InChI=1S/C16H22N2O2/c1-10(2)7-8-17-16(19)15-11(3)13-6-5-12(20-4)9-14(13)18-15/h5-6,9-10,18H,7-8H2,1-4H3,(H,17,19). The second-order valence-corrected chi connectivity index (χ2v) is 5.47. The third-order valence-electron chi connectivity index (χ3n) is 3.50. The number of fused-ring (bicyclic) bond motifs is 1. The van der Waals surface area contributed by atoms with Crippen LogP contribution in [0.2, 0.25) is 0 Å². The van der Waals surface area contributed by atoms with E-state index in [9.17, 15) is 4.79 Å². The van der Waals surface area contributed by atoms with Gasteiger partial charge in [0.05, 0.1) is 7.11 Å². The lowest BCUT2D eigenvalue weighted by Gasteiger charge is -2.06. The average molecular weight is 274 g/mol. The predicted molar refractivity (Wildman–Crippen MR) is 81.4 cm³/mol. The summed E-state index contributed by atoms with van der Waals surface area (Å²) < 4.78 is 5.20. The van der Waals surface area contributed by atoms with Crippen LogP contribution in [-0.4, -0.2) is 24.5 Å². The minimum atomic E-state index is -0.0432. The molecule has 20 heavy (non-hydrogen) atoms. The summed E-state index contributed by atoms with van der Waals surface area (Å²) in [7, 11) is 1.64. The maximum atomic E-state index is 12.2. The number of aromatic nitrogens is 1. The summed E-state index contributed by atoms with van der Waals surface area (Å²) in [5, 5.41) is 4.01. The van der Waals surface area contributed by atoms with E-state index >= 15 is 0 Å². The van der Waals surface area contributed by atoms with Crippen molar-refractivity contribution in [3.05, 3.63) is 29.5 Å². The first-order valence-corrected chi connectivity index (χ1v) is 6.97. The summed E-state index contributed by atoms with van der Waals surface area (Å²) in [5.41, 5.74) is 2.54. The number of carbonyl (C=O) groups excluding carboxylic acids is 1. The lowest BCUT2D eigenvalue weighted by Crippen LogP contribution is -2.26. The Kier molecular flexibility index (Phi) is 4.32. The maximum Gasteiger partial charge on any atom is 0.268 e. The number of hydrogen-bond donors (Lipinski definition) is 2. The quantitative estimate of drug-likeness (QED) is 0.879. The number of benzene rings is 1. The lowest BCUT2D eigenvalue weighted by atomic mass is 10.1. The van der Waals surface area contributed by atoms with Crippen LogP contribution in [0.25, 0.3) is 10.9 Å². The summed E-state index contributed by atoms with van der Waals surface area (Å²) >= 11 is 0. The molecule has 0 bridgehead atoms. The molecule has 2 N–H and O–H groups in total. The number of ether oxygens (including phenoxy) is 1. The van der Waals surface area contributed by atoms with Crippen LogP contribution in [0, 0.1) is 12.8 Å². The van der Waals surface area contributed by atoms with Gasteiger partial charge in [-0.2, -0.15) is 0 Å². The highest BCUT2D eigenvalue weighted by Gasteiger charge is 2.14. The summed E-state index contributed by atoms with van der Waals surface area (Å²) in [6, 6.07) is 5.79. The van der Waals surface area contributed by atoms with Crippen LogP contribution in [-0.2, 0) is 0 Å². The molecule has 1 heterocycles. The Bertz CT molecular complexity index is 614. The Morgan fingerprint density at radius 1 is 1.40 bits per heavy atom. The van der Waals surface area contributed by atoms with Crippen LogP contribution >= 0.6 is 0 Å². The number of rotatable bonds is 5. The van der Waals surface area contributed by atoms with Crippen LogP contribution in [0.15, 0.2) is 18.2 Å². The molecule has 0 saturated carbocycles. The molecule has 2 aromatic rings. The molecule has 0 radical (unpaired) electrons. The summed E-state index contributed by atoms with van der Waals surface area (Å²) in [5.74, 6) is 1.33. The van der Waals surface area contributed by atoms with E-state index in [-0.39, 0.29) is 5.91 Å². The molecule has 0 fully saturated rings. The molecule has 0 spiro atoms. The van der Waals surface area contributed by atoms with Crippen molar-refractivity contribution < 1.29 is 9.53 Å². The maximum absolute atomic E-state index is 12.2. The second kappa shape index (κ2) is 5.99. The van der Waals surface area contributed by atoms with Crippen molar-refractivity contribution in [2.24, 2.45) is 5.92 Å². The molecule has 0 aliphatic heterocycles. The highest BCUT2D eigenvalue weighted by atomic mass is 16.5. The zero-order chi connectivity index (χ0) is 14.7. The first-order chi connectivity index (χ1) is 9.52. The average Bonchev–Trinajstić information content (AvgIpc) is 2.75. The van der Waals surface area contributed by atoms with Gasteiger partial charge >= 0.3 is 0 Å². The Morgan fingerprint density at radius 2 is 2.15 bits per heavy atom. The number of H-pyrrole nitrogens is 1. The van der Waals surface area contributed by atoms with Crippen LogP contribution < -0.4 is 10.1 Å². The fourth-order valence-corrected chi connectivity index (χ4v) is 2.23. The van der Waals surface area contributed by atoms with Gasteiger partial charge in [-0.25, -0.2) is 0 Å². The van der Waals surface area contributed by atoms with E-state index in [0.717, 1.165) is 28.6 Å². The number of aromatic amines is 1. The van der Waals surface area contributed by atoms with Crippen molar-refractivity contribution in [3.8, 4) is 5.75 Å². The van der Waals surface area contributed by atoms with E-state index in [2.05, 4.69) is 24.1 Å². The van der Waals surface area contributed by atoms with Crippen molar-refractivity contribution >= 4 is 16.8 Å². The van der Waals surface area contributed by atoms with Gasteiger partial charge in [-0.1, -0.05) is 13.8 Å². The zero-order valence-corrected chi connectivity index (χ0v) is 12.5.